The van der Waals surface area contributed by atoms with Gasteiger partial charge in [-0.05, 0) is 32.2 Å². The van der Waals surface area contributed by atoms with Crippen LogP contribution in [-0.4, -0.2) is 16.5 Å². The summed E-state index contributed by atoms with van der Waals surface area (Å²) in [5.74, 6) is 1.91. The van der Waals surface area contributed by atoms with Crippen LogP contribution in [0.4, 0.5) is 0 Å². The van der Waals surface area contributed by atoms with Gasteiger partial charge in [-0.2, -0.15) is 0 Å². The van der Waals surface area contributed by atoms with Crippen LogP contribution in [0.3, 0.4) is 0 Å². The van der Waals surface area contributed by atoms with Crippen molar-refractivity contribution in [1.29, 1.82) is 0 Å². The van der Waals surface area contributed by atoms with Gasteiger partial charge in [0.1, 0.15) is 5.82 Å². The number of nitrogens with zero attached hydrogens (tertiary/aromatic N) is 1. The minimum absolute atomic E-state index is 0.744. The molecule has 96 valence electrons. The molecule has 0 aliphatic heterocycles. The maximum absolute atomic E-state index is 5.49. The third-order valence-corrected chi connectivity index (χ3v) is 3.81. The Morgan fingerprint density at radius 3 is 2.76 bits per heavy atom. The average Bonchev–Trinajstić information content (AvgIpc) is 2.85. The van der Waals surface area contributed by atoms with Crippen LogP contribution in [0.2, 0.25) is 0 Å². The number of nitrogens with two attached hydrogens (primary N) is 1. The largest absolute Gasteiger partial charge is 0.346 e. The Bertz CT molecular complexity index is 313. The van der Waals surface area contributed by atoms with Crippen molar-refractivity contribution in [3.63, 3.8) is 0 Å². The third kappa shape index (κ3) is 3.84. The molecule has 2 rings (SSSR count). The van der Waals surface area contributed by atoms with Gasteiger partial charge >= 0.3 is 0 Å². The highest BCUT2D eigenvalue weighted by atomic mass is 14.9. The van der Waals surface area contributed by atoms with Crippen molar-refractivity contribution in [2.24, 2.45) is 5.73 Å². The summed E-state index contributed by atoms with van der Waals surface area (Å²) in [5, 5.41) is 0. The summed E-state index contributed by atoms with van der Waals surface area (Å²) in [6, 6.07) is 0. The van der Waals surface area contributed by atoms with Crippen LogP contribution >= 0.6 is 0 Å². The molecule has 3 heteroatoms. The Morgan fingerprint density at radius 1 is 1.18 bits per heavy atom. The maximum Gasteiger partial charge on any atom is 0.106 e. The molecule has 1 aromatic heterocycles. The molecular weight excluding hydrogens is 210 g/mol. The molecule has 1 aromatic rings. The van der Waals surface area contributed by atoms with E-state index in [2.05, 4.69) is 16.2 Å². The van der Waals surface area contributed by atoms with Gasteiger partial charge in [0.05, 0.1) is 0 Å². The highest BCUT2D eigenvalue weighted by molar-refractivity contribution is 5.08. The fourth-order valence-corrected chi connectivity index (χ4v) is 2.74. The second-order valence-electron chi connectivity index (χ2n) is 5.22. The number of rotatable bonds is 6. The zero-order valence-electron chi connectivity index (χ0n) is 10.8. The van der Waals surface area contributed by atoms with Gasteiger partial charge in [0.15, 0.2) is 0 Å². The first-order chi connectivity index (χ1) is 8.40. The maximum atomic E-state index is 5.49. The number of H-pyrrole nitrogens is 1. The molecule has 0 amide bonds. The van der Waals surface area contributed by atoms with Crippen molar-refractivity contribution in [3.8, 4) is 0 Å². The van der Waals surface area contributed by atoms with Gasteiger partial charge < -0.3 is 10.7 Å². The molecule has 0 spiro atoms. The van der Waals surface area contributed by atoms with Crippen LogP contribution in [-0.2, 0) is 6.42 Å². The highest BCUT2D eigenvalue weighted by Crippen LogP contribution is 2.31. The summed E-state index contributed by atoms with van der Waals surface area (Å²) >= 11 is 0. The van der Waals surface area contributed by atoms with E-state index in [1.165, 1.54) is 56.5 Å². The topological polar surface area (TPSA) is 54.7 Å². The number of nitrogens with one attached hydrogen (secondary N) is 1. The third-order valence-electron chi connectivity index (χ3n) is 3.81. The number of aryl methyl sites for hydroxylation is 1. The van der Waals surface area contributed by atoms with Gasteiger partial charge in [0, 0.05) is 24.2 Å². The number of aromatic amines is 1. The van der Waals surface area contributed by atoms with Crippen molar-refractivity contribution >= 4 is 0 Å². The van der Waals surface area contributed by atoms with E-state index < -0.39 is 0 Å². The molecule has 0 atom stereocenters. The molecule has 17 heavy (non-hydrogen) atoms. The van der Waals surface area contributed by atoms with Crippen molar-refractivity contribution in [2.75, 3.05) is 6.54 Å². The Balaban J connectivity index is 1.78. The van der Waals surface area contributed by atoms with Gasteiger partial charge in [-0.1, -0.05) is 25.7 Å². The summed E-state index contributed by atoms with van der Waals surface area (Å²) in [5.41, 5.74) is 6.86. The molecule has 3 nitrogen and oxygen atoms in total. The molecule has 0 aromatic carbocycles. The summed E-state index contributed by atoms with van der Waals surface area (Å²) in [4.78, 5) is 8.02. The summed E-state index contributed by atoms with van der Waals surface area (Å²) in [7, 11) is 0. The van der Waals surface area contributed by atoms with E-state index in [9.17, 15) is 0 Å². The molecule has 3 N–H and O–H groups in total. The van der Waals surface area contributed by atoms with E-state index in [1.54, 1.807) is 0 Å². The quantitative estimate of drug-likeness (QED) is 0.744. The zero-order chi connectivity index (χ0) is 11.9. The molecule has 0 saturated heterocycles. The molecule has 1 aliphatic carbocycles. The minimum atomic E-state index is 0.744. The molecule has 1 aliphatic rings. The first-order valence-corrected chi connectivity index (χ1v) is 7.14. The van der Waals surface area contributed by atoms with Gasteiger partial charge in [-0.15, -0.1) is 0 Å². The van der Waals surface area contributed by atoms with Crippen molar-refractivity contribution in [1.82, 2.24) is 9.97 Å². The Kier molecular flexibility index (Phi) is 5.05. The lowest BCUT2D eigenvalue weighted by Gasteiger charge is -2.19. The van der Waals surface area contributed by atoms with Gasteiger partial charge in [-0.25, -0.2) is 4.98 Å². The lowest BCUT2D eigenvalue weighted by molar-refractivity contribution is 0.437. The van der Waals surface area contributed by atoms with Crippen LogP contribution in [0.1, 0.15) is 68.8 Å². The van der Waals surface area contributed by atoms with E-state index in [0.29, 0.717) is 0 Å². The van der Waals surface area contributed by atoms with E-state index in [0.717, 1.165) is 25.3 Å². The zero-order valence-corrected chi connectivity index (χ0v) is 10.8. The van der Waals surface area contributed by atoms with Crippen molar-refractivity contribution < 1.29 is 0 Å². The molecule has 0 radical (unpaired) electrons. The van der Waals surface area contributed by atoms with Crippen molar-refractivity contribution in [2.45, 2.75) is 63.7 Å². The second-order valence-corrected chi connectivity index (χ2v) is 5.22. The molecule has 0 bridgehead atoms. The van der Waals surface area contributed by atoms with Gasteiger partial charge in [-0.3, -0.25) is 0 Å². The lowest BCUT2D eigenvalue weighted by atomic mass is 9.87. The summed E-state index contributed by atoms with van der Waals surface area (Å²) < 4.78 is 0. The monoisotopic (exact) mass is 235 g/mol. The van der Waals surface area contributed by atoms with E-state index in [-0.39, 0.29) is 0 Å². The Labute approximate surface area is 104 Å². The van der Waals surface area contributed by atoms with E-state index in [1.807, 2.05) is 0 Å². The summed E-state index contributed by atoms with van der Waals surface area (Å²) in [6.07, 6.45) is 13.6. The van der Waals surface area contributed by atoms with Crippen LogP contribution in [0.15, 0.2) is 6.20 Å². The van der Waals surface area contributed by atoms with Crippen LogP contribution < -0.4 is 5.73 Å². The predicted octanol–water partition coefficient (Wildman–Crippen LogP) is 3.13. The van der Waals surface area contributed by atoms with Crippen LogP contribution in [0.25, 0.3) is 0 Å². The lowest BCUT2D eigenvalue weighted by Crippen LogP contribution is -2.04. The van der Waals surface area contributed by atoms with E-state index >= 15 is 0 Å². The molecule has 1 heterocycles. The van der Waals surface area contributed by atoms with Crippen molar-refractivity contribution in [3.05, 3.63) is 17.7 Å². The standard InChI is InChI=1S/C14H25N3/c15-10-6-2-5-9-14-16-11-13(17-14)12-7-3-1-4-8-12/h11-12H,1-10,15H2,(H,16,17). The minimum Gasteiger partial charge on any atom is -0.346 e. The highest BCUT2D eigenvalue weighted by Gasteiger charge is 2.17. The summed E-state index contributed by atoms with van der Waals surface area (Å²) in [6.45, 7) is 0.811. The molecule has 1 saturated carbocycles. The Hall–Kier alpha value is -0.830. The number of unbranched alkanes of at least 4 members (excludes halogenated alkanes) is 2. The smallest absolute Gasteiger partial charge is 0.106 e. The number of hydrogen-bond acceptors (Lipinski definition) is 2. The first-order valence-electron chi connectivity index (χ1n) is 7.14. The average molecular weight is 235 g/mol. The normalized spacial score (nSPS) is 17.5. The van der Waals surface area contributed by atoms with Crippen LogP contribution in [0, 0.1) is 0 Å². The SMILES string of the molecule is NCCCCCc1ncc(C2CCCCC2)[nH]1. The first kappa shape index (κ1) is 12.6. The fourth-order valence-electron chi connectivity index (χ4n) is 2.74. The van der Waals surface area contributed by atoms with E-state index in [4.69, 9.17) is 5.73 Å². The molecular formula is C14H25N3. The number of aromatic nitrogens is 2. The number of hydrogen-bond donors (Lipinski definition) is 2. The number of imidazole rings is 1. The fraction of sp³-hybridized carbons (Fsp3) is 0.786. The molecule has 1 fully saturated rings. The van der Waals surface area contributed by atoms with Gasteiger partial charge in [0.25, 0.3) is 0 Å². The Morgan fingerprint density at radius 2 is 2.00 bits per heavy atom. The predicted molar refractivity (Wildman–Crippen MR) is 71.0 cm³/mol. The van der Waals surface area contributed by atoms with Crippen LogP contribution in [0.5, 0.6) is 0 Å². The van der Waals surface area contributed by atoms with Gasteiger partial charge in [0.2, 0.25) is 0 Å². The second kappa shape index (κ2) is 6.80. The molecule has 0 unspecified atom stereocenters.